The first-order valence-corrected chi connectivity index (χ1v) is 24.1. The van der Waals surface area contributed by atoms with Gasteiger partial charge in [-0.3, -0.25) is 23.7 Å². The number of rotatable bonds is 15. The maximum Gasteiger partial charge on any atom is 0.296 e. The van der Waals surface area contributed by atoms with Crippen molar-refractivity contribution in [3.05, 3.63) is 154 Å². The summed E-state index contributed by atoms with van der Waals surface area (Å²) in [4.78, 5) is 69.0. The molecule has 71 heavy (non-hydrogen) atoms. The summed E-state index contributed by atoms with van der Waals surface area (Å²) in [6.45, 7) is -0.671. The van der Waals surface area contributed by atoms with E-state index in [-0.39, 0.29) is 100 Å². The topological polar surface area (TPSA) is 366 Å². The zero-order valence-corrected chi connectivity index (χ0v) is 38.2. The molecule has 0 amide bonds. The molecule has 7 aromatic rings. The van der Waals surface area contributed by atoms with Crippen LogP contribution in [0.4, 0.5) is 63.3 Å². The Balaban J connectivity index is 1.05. The standard InChI is InChI=1S/C47H40N10O12S2/c48-39-33(70(64,65)66)21-31(35-37(39)43(62)29-13-3-1-11-27(29)41(35)60)50-23-7-5-9-25(19-23)52-45-54-46(56-47(55-45)57(15-17-58)16-18-59)53-26-10-6-8-24(20-26)51-32-22-34(71(67,68)69)40(49)38-36(32)42(61)28-12-2-4-14-30(28)44(38)63/h1-14,19-22,50-51,58-59,64-66H,15-18,48-49H2,(H,67,68,69)(H2,52,53,54,55,56). The summed E-state index contributed by atoms with van der Waals surface area (Å²) in [6, 6.07) is 26.8. The first-order valence-electron chi connectivity index (χ1n) is 21.1. The van der Waals surface area contributed by atoms with E-state index in [4.69, 9.17) is 11.5 Å². The first kappa shape index (κ1) is 47.7. The number of nitrogen functional groups attached to an aromatic ring is 2. The molecular formula is C47H40N10O12S2. The third kappa shape index (κ3) is 9.06. The van der Waals surface area contributed by atoms with Crippen LogP contribution in [0.1, 0.15) is 63.7 Å². The van der Waals surface area contributed by atoms with E-state index in [1.807, 2.05) is 0 Å². The molecule has 0 saturated heterocycles. The monoisotopic (exact) mass is 1000 g/mol. The number of hydrogen-bond donors (Lipinski definition) is 12. The van der Waals surface area contributed by atoms with Crippen LogP contribution in [-0.2, 0) is 10.1 Å². The van der Waals surface area contributed by atoms with Crippen molar-refractivity contribution in [1.29, 1.82) is 0 Å². The van der Waals surface area contributed by atoms with Gasteiger partial charge in [-0.05, 0) is 48.5 Å². The zero-order chi connectivity index (χ0) is 50.5. The number of anilines is 11. The number of aromatic nitrogens is 3. The molecule has 0 radical (unpaired) electrons. The van der Waals surface area contributed by atoms with Crippen molar-refractivity contribution < 1.29 is 56.0 Å². The van der Waals surface area contributed by atoms with Gasteiger partial charge in [-0.25, -0.2) is 0 Å². The molecule has 22 nitrogen and oxygen atoms in total. The summed E-state index contributed by atoms with van der Waals surface area (Å²) >= 11 is 0. The minimum atomic E-state index is -5.00. The van der Waals surface area contributed by atoms with Crippen LogP contribution in [0.5, 0.6) is 0 Å². The second kappa shape index (κ2) is 18.5. The molecule has 2 aliphatic carbocycles. The molecule has 1 aromatic heterocycles. The van der Waals surface area contributed by atoms with Gasteiger partial charge in [-0.2, -0.15) is 23.4 Å². The van der Waals surface area contributed by atoms with E-state index >= 15 is 0 Å². The lowest BCUT2D eigenvalue weighted by atomic mass is 9.82. The number of aliphatic hydroxyl groups excluding tert-OH is 2. The molecule has 0 spiro atoms. The van der Waals surface area contributed by atoms with Crippen LogP contribution in [0, 0.1) is 0 Å². The van der Waals surface area contributed by atoms with E-state index in [0.717, 1.165) is 12.1 Å². The number of aliphatic hydroxyl groups is 2. The SMILES string of the molecule is Nc1c(S(O)(O)O)cc(Nc2cccc(Nc3nc(Nc4cccc(Nc5cc(S(=O)(=O)O)c(N)c6c5C(=O)c5ccccc5C6=O)c4)nc(N(CCO)CCO)n3)c2)c2c1C(=O)c1ccccc1C2=O. The summed E-state index contributed by atoms with van der Waals surface area (Å²) in [5.41, 5.74) is 11.5. The van der Waals surface area contributed by atoms with E-state index in [0.29, 0.717) is 17.1 Å². The van der Waals surface area contributed by atoms with Crippen LogP contribution in [0.15, 0.2) is 119 Å². The number of nitrogens with zero attached hydrogens (tertiary/aromatic N) is 4. The van der Waals surface area contributed by atoms with Gasteiger partial charge in [-0.15, -0.1) is 0 Å². The van der Waals surface area contributed by atoms with Gasteiger partial charge in [0.05, 0.1) is 63.1 Å². The lowest BCUT2D eigenvalue weighted by Crippen LogP contribution is -2.31. The normalized spacial score (nSPS) is 13.2. The van der Waals surface area contributed by atoms with Crippen LogP contribution < -0.4 is 37.6 Å². The molecular weight excluding hydrogens is 961 g/mol. The fourth-order valence-corrected chi connectivity index (χ4v) is 9.63. The third-order valence-corrected chi connectivity index (χ3v) is 13.2. The molecule has 1 heterocycles. The Morgan fingerprint density at radius 3 is 1.23 bits per heavy atom. The number of nitrogens with one attached hydrogen (secondary N) is 4. The van der Waals surface area contributed by atoms with Crippen molar-refractivity contribution in [2.75, 3.05) is 63.9 Å². The van der Waals surface area contributed by atoms with Gasteiger partial charge in [0.25, 0.3) is 10.1 Å². The quantitative estimate of drug-likeness (QED) is 0.0403. The second-order valence-corrected chi connectivity index (χ2v) is 18.8. The highest BCUT2D eigenvalue weighted by molar-refractivity contribution is 8.19. The maximum absolute atomic E-state index is 13.9. The van der Waals surface area contributed by atoms with Gasteiger partial charge in [0.2, 0.25) is 17.8 Å². The molecule has 14 N–H and O–H groups in total. The van der Waals surface area contributed by atoms with Crippen molar-refractivity contribution >= 4 is 107 Å². The number of carbonyl (C=O) groups is 4. The Morgan fingerprint density at radius 1 is 0.479 bits per heavy atom. The minimum absolute atomic E-state index is 0.00351. The Bertz CT molecular complexity index is 3510. The van der Waals surface area contributed by atoms with Gasteiger partial charge in [0.1, 0.15) is 15.8 Å². The average molecular weight is 1000 g/mol. The van der Waals surface area contributed by atoms with Crippen molar-refractivity contribution in [2.45, 2.75) is 9.79 Å². The van der Waals surface area contributed by atoms with Crippen LogP contribution in [0.2, 0.25) is 0 Å². The fraction of sp³-hybridized carbons (Fsp3) is 0.0851. The Morgan fingerprint density at radius 2 is 0.845 bits per heavy atom. The lowest BCUT2D eigenvalue weighted by molar-refractivity contribution is 0.0980. The number of benzene rings is 6. The van der Waals surface area contributed by atoms with E-state index in [9.17, 15) is 56.0 Å². The Kier molecular flexibility index (Phi) is 12.5. The molecule has 6 aromatic carbocycles. The number of hydrogen-bond acceptors (Lipinski definition) is 21. The Hall–Kier alpha value is -8.33. The van der Waals surface area contributed by atoms with Gasteiger partial charge in [0, 0.05) is 58.1 Å². The average Bonchev–Trinajstić information content (AvgIpc) is 3.32. The van der Waals surface area contributed by atoms with Gasteiger partial charge >= 0.3 is 0 Å². The highest BCUT2D eigenvalue weighted by Crippen LogP contribution is 2.52. The van der Waals surface area contributed by atoms with Crippen molar-refractivity contribution in [1.82, 2.24) is 15.0 Å². The smallest absolute Gasteiger partial charge is 0.296 e. The summed E-state index contributed by atoms with van der Waals surface area (Å²) in [5.74, 6) is -2.69. The number of nitrogens with two attached hydrogens (primary N) is 2. The van der Waals surface area contributed by atoms with E-state index in [2.05, 4.69) is 36.2 Å². The molecule has 0 fully saturated rings. The van der Waals surface area contributed by atoms with E-state index in [1.54, 1.807) is 60.7 Å². The van der Waals surface area contributed by atoms with Gasteiger partial charge in [-0.1, -0.05) is 60.7 Å². The van der Waals surface area contributed by atoms with Crippen molar-refractivity contribution in [2.24, 2.45) is 0 Å². The molecule has 0 aliphatic heterocycles. The predicted molar refractivity (Wildman–Crippen MR) is 264 cm³/mol. The highest BCUT2D eigenvalue weighted by Gasteiger charge is 2.38. The van der Waals surface area contributed by atoms with Crippen LogP contribution in [0.25, 0.3) is 0 Å². The molecule has 0 atom stereocenters. The van der Waals surface area contributed by atoms with Crippen molar-refractivity contribution in [3.8, 4) is 0 Å². The van der Waals surface area contributed by atoms with Gasteiger partial charge in [0.15, 0.2) is 23.1 Å². The summed E-state index contributed by atoms with van der Waals surface area (Å²) in [7, 11) is -9.50. The molecule has 24 heteroatoms. The van der Waals surface area contributed by atoms with E-state index in [1.165, 1.54) is 41.3 Å². The fourth-order valence-electron chi connectivity index (χ4n) is 8.31. The summed E-state index contributed by atoms with van der Waals surface area (Å²) in [5, 5.41) is 31.9. The van der Waals surface area contributed by atoms with E-state index < -0.39 is 70.9 Å². The first-order chi connectivity index (χ1) is 33.9. The van der Waals surface area contributed by atoms with Crippen LogP contribution in [0.3, 0.4) is 0 Å². The molecule has 2 aliphatic rings. The third-order valence-electron chi connectivity index (χ3n) is 11.4. The summed E-state index contributed by atoms with van der Waals surface area (Å²) < 4.78 is 66.1. The zero-order valence-electron chi connectivity index (χ0n) is 36.6. The number of fused-ring (bicyclic) bond motifs is 4. The largest absolute Gasteiger partial charge is 0.397 e. The Labute approximate surface area is 404 Å². The summed E-state index contributed by atoms with van der Waals surface area (Å²) in [6.07, 6.45) is 0. The molecule has 0 saturated carbocycles. The van der Waals surface area contributed by atoms with Crippen molar-refractivity contribution in [3.63, 3.8) is 0 Å². The number of carbonyl (C=O) groups excluding carboxylic acids is 4. The van der Waals surface area contributed by atoms with Crippen LogP contribution >= 0.6 is 10.9 Å². The number of ketones is 4. The molecule has 9 rings (SSSR count). The highest BCUT2D eigenvalue weighted by atomic mass is 32.3. The van der Waals surface area contributed by atoms with Crippen LogP contribution in [-0.4, -0.2) is 101 Å². The maximum atomic E-state index is 13.9. The van der Waals surface area contributed by atoms with Gasteiger partial charge < -0.3 is 61.5 Å². The lowest BCUT2D eigenvalue weighted by Gasteiger charge is -2.28. The molecule has 0 bridgehead atoms. The second-order valence-electron chi connectivity index (χ2n) is 16.0. The molecule has 0 unspecified atom stereocenters. The minimum Gasteiger partial charge on any atom is -0.397 e. The molecule has 362 valence electrons. The predicted octanol–water partition coefficient (Wildman–Crippen LogP) is 6.18.